The van der Waals surface area contributed by atoms with Crippen molar-refractivity contribution >= 4 is 26.7 Å². The molecule has 0 aromatic heterocycles. The Morgan fingerprint density at radius 3 is 2.48 bits per heavy atom. The quantitative estimate of drug-likeness (QED) is 0.750. The molecule has 0 saturated carbocycles. The van der Waals surface area contributed by atoms with Gasteiger partial charge in [-0.25, -0.2) is 0 Å². The summed E-state index contributed by atoms with van der Waals surface area (Å²) in [6.45, 7) is 1.11. The lowest BCUT2D eigenvalue weighted by Crippen LogP contribution is -1.99. The Labute approximate surface area is 132 Å². The van der Waals surface area contributed by atoms with Crippen molar-refractivity contribution in [2.24, 2.45) is 5.73 Å². The van der Waals surface area contributed by atoms with E-state index < -0.39 is 0 Å². The van der Waals surface area contributed by atoms with E-state index in [9.17, 15) is 0 Å². The number of fused-ring (bicyclic) bond motifs is 1. The highest BCUT2D eigenvalue weighted by Gasteiger charge is 2.00. The van der Waals surface area contributed by atoms with Gasteiger partial charge in [-0.05, 0) is 46.2 Å². The number of ether oxygens (including phenoxy) is 1. The van der Waals surface area contributed by atoms with E-state index in [0.29, 0.717) is 13.2 Å². The first-order valence-electron chi connectivity index (χ1n) is 6.84. The average Bonchev–Trinajstić information content (AvgIpc) is 2.53. The number of benzene rings is 3. The fourth-order valence-corrected chi connectivity index (χ4v) is 2.68. The highest BCUT2D eigenvalue weighted by atomic mass is 79.9. The van der Waals surface area contributed by atoms with Gasteiger partial charge in [0.15, 0.2) is 0 Å². The Balaban J connectivity index is 1.77. The molecular weight excluding hydrogens is 326 g/mol. The predicted octanol–water partition coefficient (Wildman–Crippen LogP) is 4.64. The molecule has 3 heteroatoms. The Morgan fingerprint density at radius 1 is 0.857 bits per heavy atom. The van der Waals surface area contributed by atoms with E-state index in [0.717, 1.165) is 21.3 Å². The van der Waals surface area contributed by atoms with Gasteiger partial charge >= 0.3 is 0 Å². The van der Waals surface area contributed by atoms with Crippen molar-refractivity contribution in [1.82, 2.24) is 0 Å². The highest BCUT2D eigenvalue weighted by Crippen LogP contribution is 2.24. The maximum Gasteiger partial charge on any atom is 0.120 e. The molecule has 21 heavy (non-hydrogen) atoms. The number of rotatable bonds is 4. The van der Waals surface area contributed by atoms with Crippen LogP contribution >= 0.6 is 15.9 Å². The van der Waals surface area contributed by atoms with Crippen molar-refractivity contribution in [3.05, 3.63) is 76.3 Å². The standard InChI is InChI=1S/C18H16BrNO/c19-17-6-4-16-10-18(7-5-15(16)9-17)21-12-14-3-1-2-13(8-14)11-20/h1-10H,11-12,20H2. The van der Waals surface area contributed by atoms with E-state index in [1.807, 2.05) is 24.3 Å². The smallest absolute Gasteiger partial charge is 0.120 e. The molecule has 0 atom stereocenters. The molecular formula is C18H16BrNO. The lowest BCUT2D eigenvalue weighted by Gasteiger charge is -2.08. The summed E-state index contributed by atoms with van der Waals surface area (Å²) in [5, 5.41) is 2.37. The number of halogens is 1. The molecule has 2 nitrogen and oxygen atoms in total. The molecule has 3 aromatic rings. The summed E-state index contributed by atoms with van der Waals surface area (Å²) in [4.78, 5) is 0. The van der Waals surface area contributed by atoms with Gasteiger partial charge in [0.1, 0.15) is 12.4 Å². The van der Waals surface area contributed by atoms with Gasteiger partial charge in [0.2, 0.25) is 0 Å². The first-order chi connectivity index (χ1) is 10.2. The summed E-state index contributed by atoms with van der Waals surface area (Å²) in [5.74, 6) is 0.878. The van der Waals surface area contributed by atoms with E-state index in [1.165, 1.54) is 10.8 Å². The molecule has 0 amide bonds. The molecule has 106 valence electrons. The second-order valence-electron chi connectivity index (χ2n) is 4.97. The van der Waals surface area contributed by atoms with Gasteiger partial charge < -0.3 is 10.5 Å². The first kappa shape index (κ1) is 14.1. The largest absolute Gasteiger partial charge is 0.489 e. The van der Waals surface area contributed by atoms with Crippen LogP contribution in [0, 0.1) is 0 Å². The van der Waals surface area contributed by atoms with E-state index in [-0.39, 0.29) is 0 Å². The van der Waals surface area contributed by atoms with E-state index in [2.05, 4.69) is 52.3 Å². The zero-order valence-electron chi connectivity index (χ0n) is 11.6. The Bertz CT molecular complexity index is 770. The molecule has 0 radical (unpaired) electrons. The minimum atomic E-state index is 0.551. The summed E-state index contributed by atoms with van der Waals surface area (Å²) in [6.07, 6.45) is 0. The summed E-state index contributed by atoms with van der Waals surface area (Å²) >= 11 is 3.48. The summed E-state index contributed by atoms with van der Waals surface area (Å²) in [5.41, 5.74) is 7.91. The molecule has 0 aliphatic heterocycles. The monoisotopic (exact) mass is 341 g/mol. The third kappa shape index (κ3) is 3.43. The second-order valence-corrected chi connectivity index (χ2v) is 5.88. The molecule has 3 aromatic carbocycles. The summed E-state index contributed by atoms with van der Waals surface area (Å²) in [7, 11) is 0. The fraction of sp³-hybridized carbons (Fsp3) is 0.111. The van der Waals surface area contributed by atoms with Crippen LogP contribution < -0.4 is 10.5 Å². The Morgan fingerprint density at radius 2 is 1.62 bits per heavy atom. The molecule has 3 rings (SSSR count). The third-order valence-corrected chi connectivity index (χ3v) is 3.90. The SMILES string of the molecule is NCc1cccc(COc2ccc3cc(Br)ccc3c2)c1. The fourth-order valence-electron chi connectivity index (χ4n) is 2.30. The van der Waals surface area contributed by atoms with E-state index in [4.69, 9.17) is 10.5 Å². The van der Waals surface area contributed by atoms with Crippen LogP contribution in [-0.4, -0.2) is 0 Å². The van der Waals surface area contributed by atoms with Gasteiger partial charge in [-0.3, -0.25) is 0 Å². The maximum absolute atomic E-state index is 5.88. The molecule has 0 bridgehead atoms. The van der Waals surface area contributed by atoms with Crippen molar-refractivity contribution in [2.75, 3.05) is 0 Å². The van der Waals surface area contributed by atoms with Crippen LogP contribution in [0.15, 0.2) is 65.1 Å². The van der Waals surface area contributed by atoms with Crippen LogP contribution in [0.1, 0.15) is 11.1 Å². The van der Waals surface area contributed by atoms with E-state index >= 15 is 0 Å². The highest BCUT2D eigenvalue weighted by molar-refractivity contribution is 9.10. The van der Waals surface area contributed by atoms with Crippen molar-refractivity contribution < 1.29 is 4.74 Å². The number of hydrogen-bond donors (Lipinski definition) is 1. The van der Waals surface area contributed by atoms with Gasteiger partial charge in [0.25, 0.3) is 0 Å². The van der Waals surface area contributed by atoms with Crippen LogP contribution in [-0.2, 0) is 13.2 Å². The molecule has 0 fully saturated rings. The zero-order valence-corrected chi connectivity index (χ0v) is 13.1. The Hall–Kier alpha value is -1.84. The molecule has 0 spiro atoms. The van der Waals surface area contributed by atoms with Gasteiger partial charge in [-0.15, -0.1) is 0 Å². The van der Waals surface area contributed by atoms with Gasteiger partial charge in [-0.2, -0.15) is 0 Å². The Kier molecular flexibility index (Phi) is 4.23. The normalized spacial score (nSPS) is 10.8. The van der Waals surface area contributed by atoms with Crippen LogP contribution in [0.2, 0.25) is 0 Å². The van der Waals surface area contributed by atoms with Crippen LogP contribution in [0.4, 0.5) is 0 Å². The second kappa shape index (κ2) is 6.29. The predicted molar refractivity (Wildman–Crippen MR) is 90.3 cm³/mol. The molecule has 2 N–H and O–H groups in total. The van der Waals surface area contributed by atoms with Gasteiger partial charge in [-0.1, -0.05) is 52.3 Å². The minimum absolute atomic E-state index is 0.551. The molecule has 0 saturated heterocycles. The summed E-state index contributed by atoms with van der Waals surface area (Å²) in [6, 6.07) is 20.5. The van der Waals surface area contributed by atoms with Gasteiger partial charge in [0, 0.05) is 11.0 Å². The maximum atomic E-state index is 5.88. The lowest BCUT2D eigenvalue weighted by molar-refractivity contribution is 0.306. The van der Waals surface area contributed by atoms with Crippen molar-refractivity contribution in [1.29, 1.82) is 0 Å². The van der Waals surface area contributed by atoms with Gasteiger partial charge in [0.05, 0.1) is 0 Å². The molecule has 0 unspecified atom stereocenters. The van der Waals surface area contributed by atoms with Crippen LogP contribution in [0.5, 0.6) is 5.75 Å². The number of hydrogen-bond acceptors (Lipinski definition) is 2. The number of nitrogens with two attached hydrogens (primary N) is 1. The van der Waals surface area contributed by atoms with Crippen molar-refractivity contribution in [3.8, 4) is 5.75 Å². The zero-order chi connectivity index (χ0) is 14.7. The van der Waals surface area contributed by atoms with Crippen molar-refractivity contribution in [3.63, 3.8) is 0 Å². The van der Waals surface area contributed by atoms with E-state index in [1.54, 1.807) is 0 Å². The summed E-state index contributed by atoms with van der Waals surface area (Å²) < 4.78 is 6.96. The average molecular weight is 342 g/mol. The minimum Gasteiger partial charge on any atom is -0.489 e. The topological polar surface area (TPSA) is 35.2 Å². The molecule has 0 heterocycles. The molecule has 0 aliphatic carbocycles. The lowest BCUT2D eigenvalue weighted by atomic mass is 10.1. The first-order valence-corrected chi connectivity index (χ1v) is 7.64. The van der Waals surface area contributed by atoms with Crippen LogP contribution in [0.3, 0.4) is 0 Å². The molecule has 0 aliphatic rings. The van der Waals surface area contributed by atoms with Crippen LogP contribution in [0.25, 0.3) is 10.8 Å². The van der Waals surface area contributed by atoms with Crippen molar-refractivity contribution in [2.45, 2.75) is 13.2 Å². The third-order valence-electron chi connectivity index (χ3n) is 3.41.